The van der Waals surface area contributed by atoms with Gasteiger partial charge < -0.3 is 9.80 Å². The molecule has 0 bridgehead atoms. The molecule has 0 aliphatic rings. The average Bonchev–Trinajstić information content (AvgIpc) is 3.30. The van der Waals surface area contributed by atoms with Gasteiger partial charge in [0.15, 0.2) is 0 Å². The third-order valence-corrected chi connectivity index (χ3v) is 6.93. The van der Waals surface area contributed by atoms with Gasteiger partial charge in [0.2, 0.25) is 11.8 Å². The highest BCUT2D eigenvalue weighted by molar-refractivity contribution is 7.11. The van der Waals surface area contributed by atoms with Gasteiger partial charge in [-0.25, -0.2) is 0 Å². The molecule has 1 aromatic heterocycles. The van der Waals surface area contributed by atoms with Crippen LogP contribution in [0.1, 0.15) is 41.1 Å². The molecule has 0 saturated heterocycles. The maximum atomic E-state index is 13.5. The zero-order valence-corrected chi connectivity index (χ0v) is 21.6. The van der Waals surface area contributed by atoms with Crippen molar-refractivity contribution < 1.29 is 14.5 Å². The number of non-ortho nitro benzene ring substituents is 1. The lowest BCUT2D eigenvalue weighted by Crippen LogP contribution is -2.45. The maximum absolute atomic E-state index is 13.5. The van der Waals surface area contributed by atoms with Crippen molar-refractivity contribution in [3.8, 4) is 0 Å². The summed E-state index contributed by atoms with van der Waals surface area (Å²) in [6, 6.07) is 19.7. The number of thiophene rings is 1. The summed E-state index contributed by atoms with van der Waals surface area (Å²) >= 11 is 1.66. The number of nitro groups is 1. The average molecular weight is 506 g/mol. The highest BCUT2D eigenvalue weighted by atomic mass is 32.1. The number of nitrogens with zero attached hydrogens (tertiary/aromatic N) is 3. The number of carbonyl (C=O) groups excluding carboxylic acids is 2. The Hall–Kier alpha value is -3.78. The van der Waals surface area contributed by atoms with Crippen molar-refractivity contribution in [2.45, 2.75) is 46.3 Å². The van der Waals surface area contributed by atoms with Crippen molar-refractivity contribution in [3.63, 3.8) is 0 Å². The Morgan fingerprint density at radius 1 is 1.03 bits per heavy atom. The van der Waals surface area contributed by atoms with Gasteiger partial charge in [-0.05, 0) is 61.7 Å². The van der Waals surface area contributed by atoms with Crippen LogP contribution in [0.15, 0.2) is 72.8 Å². The Labute approximate surface area is 215 Å². The first-order valence-corrected chi connectivity index (χ1v) is 12.7. The fourth-order valence-corrected chi connectivity index (χ4v) is 4.59. The second-order valence-corrected chi connectivity index (χ2v) is 10.0. The van der Waals surface area contributed by atoms with Gasteiger partial charge in [0.1, 0.15) is 6.54 Å². The van der Waals surface area contributed by atoms with Crippen molar-refractivity contribution in [1.29, 1.82) is 0 Å². The fraction of sp³-hybridized carbons (Fsp3) is 0.286. The Bertz CT molecular complexity index is 1210. The maximum Gasteiger partial charge on any atom is 0.269 e. The van der Waals surface area contributed by atoms with Crippen LogP contribution in [0.25, 0.3) is 6.08 Å². The molecule has 3 aromatic rings. The van der Waals surface area contributed by atoms with E-state index in [2.05, 4.69) is 0 Å². The predicted molar refractivity (Wildman–Crippen MR) is 143 cm³/mol. The van der Waals surface area contributed by atoms with Crippen molar-refractivity contribution in [2.75, 3.05) is 6.54 Å². The van der Waals surface area contributed by atoms with E-state index in [1.165, 1.54) is 23.1 Å². The summed E-state index contributed by atoms with van der Waals surface area (Å²) in [6.45, 7) is 6.85. The van der Waals surface area contributed by atoms with Gasteiger partial charge in [-0.15, -0.1) is 11.3 Å². The molecule has 36 heavy (non-hydrogen) atoms. The molecule has 1 atom stereocenters. The zero-order chi connectivity index (χ0) is 26.1. The van der Waals surface area contributed by atoms with Crippen LogP contribution in [0.5, 0.6) is 0 Å². The number of carbonyl (C=O) groups is 2. The van der Waals surface area contributed by atoms with E-state index in [1.807, 2.05) is 63.2 Å². The van der Waals surface area contributed by atoms with E-state index in [1.54, 1.807) is 39.3 Å². The lowest BCUT2D eigenvalue weighted by molar-refractivity contribution is -0.384. The summed E-state index contributed by atoms with van der Waals surface area (Å²) in [5.74, 6) is -0.398. The first kappa shape index (κ1) is 26.8. The fourth-order valence-electron chi connectivity index (χ4n) is 3.68. The van der Waals surface area contributed by atoms with Gasteiger partial charge in [0.05, 0.1) is 11.5 Å². The van der Waals surface area contributed by atoms with Crippen LogP contribution >= 0.6 is 11.3 Å². The predicted octanol–water partition coefficient (Wildman–Crippen LogP) is 5.83. The summed E-state index contributed by atoms with van der Waals surface area (Å²) in [5.41, 5.74) is 1.69. The van der Waals surface area contributed by atoms with Crippen molar-refractivity contribution in [1.82, 2.24) is 9.80 Å². The molecule has 0 aliphatic carbocycles. The number of benzene rings is 2. The third kappa shape index (κ3) is 7.61. The van der Waals surface area contributed by atoms with Gasteiger partial charge >= 0.3 is 0 Å². The standard InChI is InChI=1S/C28H31N3O4S/c1-4-21(2)30(27(32)17-13-23-11-14-25(15-12-23)31(34)35)20-28(33)29(18-24-8-6-5-7-9-24)19-26-16-10-22(3)36-26/h5-17,21H,4,18-20H2,1-3H3/b17-13+. The minimum absolute atomic E-state index is 0.00949. The largest absolute Gasteiger partial charge is 0.332 e. The normalized spacial score (nSPS) is 11.9. The molecule has 188 valence electrons. The highest BCUT2D eigenvalue weighted by Crippen LogP contribution is 2.20. The van der Waals surface area contributed by atoms with E-state index >= 15 is 0 Å². The van der Waals surface area contributed by atoms with Crippen molar-refractivity contribution >= 4 is 34.9 Å². The molecular weight excluding hydrogens is 474 g/mol. The molecule has 1 unspecified atom stereocenters. The monoisotopic (exact) mass is 505 g/mol. The molecule has 0 N–H and O–H groups in total. The number of rotatable bonds is 11. The Kier molecular flexibility index (Phi) is 9.53. The molecule has 0 saturated carbocycles. The summed E-state index contributed by atoms with van der Waals surface area (Å²) < 4.78 is 0. The molecule has 0 aliphatic heterocycles. The Balaban J connectivity index is 1.77. The van der Waals surface area contributed by atoms with Crippen LogP contribution in [-0.2, 0) is 22.7 Å². The lowest BCUT2D eigenvalue weighted by Gasteiger charge is -2.30. The molecule has 3 rings (SSSR count). The van der Waals surface area contributed by atoms with Gasteiger partial charge in [-0.2, -0.15) is 0 Å². The number of amides is 2. The molecule has 0 spiro atoms. The second-order valence-electron chi connectivity index (χ2n) is 8.65. The first-order chi connectivity index (χ1) is 17.3. The number of nitro benzene ring substituents is 1. The molecule has 2 amide bonds. The summed E-state index contributed by atoms with van der Waals surface area (Å²) in [4.78, 5) is 42.7. The number of aryl methyl sites for hydroxylation is 1. The Morgan fingerprint density at radius 3 is 2.31 bits per heavy atom. The number of hydrogen-bond acceptors (Lipinski definition) is 5. The van der Waals surface area contributed by atoms with E-state index < -0.39 is 4.92 Å². The highest BCUT2D eigenvalue weighted by Gasteiger charge is 2.24. The molecule has 7 nitrogen and oxygen atoms in total. The van der Waals surface area contributed by atoms with Crippen LogP contribution < -0.4 is 0 Å². The van der Waals surface area contributed by atoms with Crippen molar-refractivity contribution in [2.24, 2.45) is 0 Å². The zero-order valence-electron chi connectivity index (χ0n) is 20.8. The minimum atomic E-state index is -0.465. The van der Waals surface area contributed by atoms with Crippen LogP contribution in [0.3, 0.4) is 0 Å². The van der Waals surface area contributed by atoms with E-state index in [0.717, 1.165) is 10.4 Å². The minimum Gasteiger partial charge on any atom is -0.332 e. The molecule has 0 radical (unpaired) electrons. The topological polar surface area (TPSA) is 83.8 Å². The van der Waals surface area contributed by atoms with E-state index in [0.29, 0.717) is 25.1 Å². The first-order valence-electron chi connectivity index (χ1n) is 11.9. The van der Waals surface area contributed by atoms with E-state index in [4.69, 9.17) is 0 Å². The summed E-state index contributed by atoms with van der Waals surface area (Å²) in [7, 11) is 0. The molecule has 8 heteroatoms. The number of hydrogen-bond donors (Lipinski definition) is 0. The van der Waals surface area contributed by atoms with Crippen LogP contribution in [0.2, 0.25) is 0 Å². The van der Waals surface area contributed by atoms with Gasteiger partial charge in [-0.1, -0.05) is 37.3 Å². The SMILES string of the molecule is CCC(C)N(CC(=O)N(Cc1ccccc1)Cc1ccc(C)s1)C(=O)/C=C/c1ccc([N+](=O)[O-])cc1. The van der Waals surface area contributed by atoms with Crippen LogP contribution in [0.4, 0.5) is 5.69 Å². The molecular formula is C28H31N3O4S. The molecule has 2 aromatic carbocycles. The third-order valence-electron chi connectivity index (χ3n) is 5.95. The quantitative estimate of drug-likeness (QED) is 0.186. The molecule has 1 heterocycles. The van der Waals surface area contributed by atoms with Crippen molar-refractivity contribution in [3.05, 3.63) is 104 Å². The smallest absolute Gasteiger partial charge is 0.269 e. The van der Waals surface area contributed by atoms with Gasteiger partial charge in [0.25, 0.3) is 5.69 Å². The van der Waals surface area contributed by atoms with Gasteiger partial charge in [-0.3, -0.25) is 19.7 Å². The molecule has 0 fully saturated rings. The van der Waals surface area contributed by atoms with E-state index in [9.17, 15) is 19.7 Å². The summed E-state index contributed by atoms with van der Waals surface area (Å²) in [6.07, 6.45) is 3.74. The summed E-state index contributed by atoms with van der Waals surface area (Å²) in [5, 5.41) is 10.9. The van der Waals surface area contributed by atoms with Crippen LogP contribution in [-0.4, -0.2) is 39.1 Å². The van der Waals surface area contributed by atoms with Gasteiger partial charge in [0, 0.05) is 40.5 Å². The van der Waals surface area contributed by atoms with Crippen LogP contribution in [0, 0.1) is 17.0 Å². The Morgan fingerprint density at radius 2 is 1.72 bits per heavy atom. The lowest BCUT2D eigenvalue weighted by atomic mass is 10.1. The second kappa shape index (κ2) is 12.8. The van der Waals surface area contributed by atoms with E-state index in [-0.39, 0.29) is 30.1 Å².